The van der Waals surface area contributed by atoms with Crippen molar-refractivity contribution in [3.8, 4) is 0 Å². The Morgan fingerprint density at radius 3 is 2.81 bits per heavy atom. The van der Waals surface area contributed by atoms with Crippen molar-refractivity contribution in [3.05, 3.63) is 59.1 Å². The molecule has 1 aromatic heterocycles. The molecule has 1 heterocycles. The van der Waals surface area contributed by atoms with Gasteiger partial charge >= 0.3 is 0 Å². The van der Waals surface area contributed by atoms with Gasteiger partial charge in [0.15, 0.2) is 0 Å². The van der Waals surface area contributed by atoms with Crippen LogP contribution in [0.5, 0.6) is 0 Å². The molecule has 21 heavy (non-hydrogen) atoms. The van der Waals surface area contributed by atoms with E-state index in [2.05, 4.69) is 16.0 Å². The highest BCUT2D eigenvalue weighted by atomic mass is 32.1. The molecule has 0 amide bonds. The monoisotopic (exact) mass is 296 g/mol. The molecule has 0 fully saturated rings. The lowest BCUT2D eigenvalue weighted by molar-refractivity contribution is 0.914. The van der Waals surface area contributed by atoms with Gasteiger partial charge in [0.25, 0.3) is 0 Å². The van der Waals surface area contributed by atoms with Crippen molar-refractivity contribution < 1.29 is 0 Å². The van der Waals surface area contributed by atoms with E-state index in [1.807, 2.05) is 49.5 Å². The molecule has 2 aromatic carbocycles. The number of fused-ring (bicyclic) bond motifs is 1. The number of nitrogen functional groups attached to an aromatic ring is 1. The Kier molecular flexibility index (Phi) is 3.58. The fourth-order valence-corrected chi connectivity index (χ4v) is 3.21. The second-order valence-corrected chi connectivity index (χ2v) is 6.01. The van der Waals surface area contributed by atoms with Gasteiger partial charge in [-0.3, -0.25) is 5.41 Å². The number of hydrogen-bond donors (Lipinski definition) is 2. The van der Waals surface area contributed by atoms with Crippen molar-refractivity contribution in [2.24, 2.45) is 5.73 Å². The Labute approximate surface area is 127 Å². The molecule has 0 aliphatic heterocycles. The van der Waals surface area contributed by atoms with Crippen LogP contribution in [0, 0.1) is 5.41 Å². The number of nitrogens with two attached hydrogens (primary N) is 1. The molecule has 0 radical (unpaired) electrons. The number of benzene rings is 2. The zero-order valence-corrected chi connectivity index (χ0v) is 12.5. The van der Waals surface area contributed by atoms with E-state index in [9.17, 15) is 0 Å². The third-order valence-electron chi connectivity index (χ3n) is 3.31. The Hall–Kier alpha value is -2.40. The van der Waals surface area contributed by atoms with Gasteiger partial charge in [-0.15, -0.1) is 11.3 Å². The summed E-state index contributed by atoms with van der Waals surface area (Å²) in [6.07, 6.45) is 0. The van der Waals surface area contributed by atoms with Crippen LogP contribution in [-0.2, 0) is 6.54 Å². The summed E-state index contributed by atoms with van der Waals surface area (Å²) in [4.78, 5) is 6.76. The minimum absolute atomic E-state index is 0.0882. The summed E-state index contributed by atoms with van der Waals surface area (Å²) in [6, 6.07) is 15.9. The molecule has 0 aliphatic rings. The molecule has 0 bridgehead atoms. The lowest BCUT2D eigenvalue weighted by Crippen LogP contribution is -2.17. The maximum absolute atomic E-state index is 7.52. The van der Waals surface area contributed by atoms with Gasteiger partial charge in [0.05, 0.1) is 16.8 Å². The van der Waals surface area contributed by atoms with Crippen LogP contribution >= 0.6 is 11.3 Å². The molecule has 4 nitrogen and oxygen atoms in total. The number of thiazole rings is 1. The topological polar surface area (TPSA) is 66.0 Å². The van der Waals surface area contributed by atoms with E-state index in [1.54, 1.807) is 11.3 Å². The summed E-state index contributed by atoms with van der Waals surface area (Å²) in [5.41, 5.74) is 8.35. The maximum Gasteiger partial charge on any atom is 0.122 e. The number of anilines is 1. The van der Waals surface area contributed by atoms with Crippen LogP contribution in [-0.4, -0.2) is 17.9 Å². The van der Waals surface area contributed by atoms with Crippen LogP contribution in [0.1, 0.15) is 10.6 Å². The first-order valence-corrected chi connectivity index (χ1v) is 7.45. The van der Waals surface area contributed by atoms with Gasteiger partial charge in [-0.05, 0) is 24.3 Å². The van der Waals surface area contributed by atoms with Crippen LogP contribution < -0.4 is 10.6 Å². The number of para-hydroxylation sites is 1. The van der Waals surface area contributed by atoms with Crippen molar-refractivity contribution >= 4 is 33.1 Å². The average Bonchev–Trinajstić information content (AvgIpc) is 2.89. The summed E-state index contributed by atoms with van der Waals surface area (Å²) in [7, 11) is 2.02. The van der Waals surface area contributed by atoms with Gasteiger partial charge in [0.2, 0.25) is 0 Å². The van der Waals surface area contributed by atoms with Crippen LogP contribution in [0.25, 0.3) is 10.2 Å². The molecular weight excluding hydrogens is 280 g/mol. The van der Waals surface area contributed by atoms with Gasteiger partial charge in [0, 0.05) is 18.3 Å². The van der Waals surface area contributed by atoms with Gasteiger partial charge in [-0.2, -0.15) is 0 Å². The minimum Gasteiger partial charge on any atom is -0.384 e. The summed E-state index contributed by atoms with van der Waals surface area (Å²) in [6.45, 7) is 0.737. The molecule has 106 valence electrons. The second-order valence-electron chi connectivity index (χ2n) is 4.90. The van der Waals surface area contributed by atoms with Crippen LogP contribution in [0.4, 0.5) is 5.69 Å². The Morgan fingerprint density at radius 1 is 1.24 bits per heavy atom. The summed E-state index contributed by atoms with van der Waals surface area (Å²) in [5, 5.41) is 8.59. The van der Waals surface area contributed by atoms with Crippen molar-refractivity contribution in [1.82, 2.24) is 4.98 Å². The van der Waals surface area contributed by atoms with E-state index in [1.165, 1.54) is 4.70 Å². The average molecular weight is 296 g/mol. The first-order valence-electron chi connectivity index (χ1n) is 6.63. The summed E-state index contributed by atoms with van der Waals surface area (Å²) >= 11 is 1.71. The molecule has 0 unspecified atom stereocenters. The van der Waals surface area contributed by atoms with Crippen LogP contribution in [0.15, 0.2) is 48.5 Å². The number of rotatable bonds is 4. The molecule has 3 N–H and O–H groups in total. The molecule has 3 aromatic rings. The lowest BCUT2D eigenvalue weighted by Gasteiger charge is -2.18. The molecular formula is C16H16N4S. The number of hydrogen-bond acceptors (Lipinski definition) is 4. The standard InChI is InChI=1S/C16H16N4S/c1-20(12-6-4-5-11(9-12)16(17)18)10-15-19-13-7-2-3-8-14(13)21-15/h2-9H,10H2,1H3,(H3,17,18). The van der Waals surface area contributed by atoms with Crippen LogP contribution in [0.2, 0.25) is 0 Å². The first kappa shape index (κ1) is 13.6. The zero-order chi connectivity index (χ0) is 14.8. The Bertz CT molecular complexity index is 761. The largest absolute Gasteiger partial charge is 0.384 e. The number of nitrogens with zero attached hydrogens (tertiary/aromatic N) is 2. The van der Waals surface area contributed by atoms with Crippen LogP contribution in [0.3, 0.4) is 0 Å². The van der Waals surface area contributed by atoms with E-state index in [4.69, 9.17) is 11.1 Å². The number of nitrogens with one attached hydrogen (secondary N) is 1. The summed E-state index contributed by atoms with van der Waals surface area (Å²) in [5.74, 6) is 0.0882. The van der Waals surface area contributed by atoms with Crippen molar-refractivity contribution in [2.75, 3.05) is 11.9 Å². The first-order chi connectivity index (χ1) is 10.1. The molecule has 0 saturated carbocycles. The molecule has 0 spiro atoms. The van der Waals surface area contributed by atoms with Crippen molar-refractivity contribution in [3.63, 3.8) is 0 Å². The maximum atomic E-state index is 7.52. The van der Waals surface area contributed by atoms with Gasteiger partial charge in [0.1, 0.15) is 10.8 Å². The lowest BCUT2D eigenvalue weighted by atomic mass is 10.2. The third-order valence-corrected chi connectivity index (χ3v) is 4.33. The number of aromatic nitrogens is 1. The second kappa shape index (κ2) is 5.54. The number of amidine groups is 1. The fraction of sp³-hybridized carbons (Fsp3) is 0.125. The third kappa shape index (κ3) is 2.87. The van der Waals surface area contributed by atoms with E-state index < -0.39 is 0 Å². The zero-order valence-electron chi connectivity index (χ0n) is 11.7. The minimum atomic E-state index is 0.0882. The SMILES string of the molecule is CN(Cc1nc2ccccc2s1)c1cccc(C(=N)N)c1. The highest BCUT2D eigenvalue weighted by Gasteiger charge is 2.08. The van der Waals surface area contributed by atoms with E-state index >= 15 is 0 Å². The quantitative estimate of drug-likeness (QED) is 0.574. The molecule has 5 heteroatoms. The van der Waals surface area contributed by atoms with Gasteiger partial charge in [-0.1, -0.05) is 24.3 Å². The summed E-state index contributed by atoms with van der Waals surface area (Å²) < 4.78 is 1.21. The van der Waals surface area contributed by atoms with Crippen molar-refractivity contribution in [1.29, 1.82) is 5.41 Å². The highest BCUT2D eigenvalue weighted by molar-refractivity contribution is 7.18. The van der Waals surface area contributed by atoms with E-state index in [-0.39, 0.29) is 5.84 Å². The fourth-order valence-electron chi connectivity index (χ4n) is 2.19. The predicted octanol–water partition coefficient (Wildman–Crippen LogP) is 3.22. The van der Waals surface area contributed by atoms with Gasteiger partial charge in [-0.25, -0.2) is 4.98 Å². The van der Waals surface area contributed by atoms with E-state index in [0.29, 0.717) is 0 Å². The normalized spacial score (nSPS) is 10.7. The molecule has 0 atom stereocenters. The Balaban J connectivity index is 1.83. The smallest absolute Gasteiger partial charge is 0.122 e. The van der Waals surface area contributed by atoms with Gasteiger partial charge < -0.3 is 10.6 Å². The molecule has 0 saturated heterocycles. The molecule has 3 rings (SSSR count). The Morgan fingerprint density at radius 2 is 2.05 bits per heavy atom. The van der Waals surface area contributed by atoms with Crippen molar-refractivity contribution in [2.45, 2.75) is 6.54 Å². The highest BCUT2D eigenvalue weighted by Crippen LogP contribution is 2.24. The predicted molar refractivity (Wildman–Crippen MR) is 89.2 cm³/mol. The molecule has 0 aliphatic carbocycles. The van der Waals surface area contributed by atoms with E-state index in [0.717, 1.165) is 28.3 Å².